The second kappa shape index (κ2) is 32.7. The summed E-state index contributed by atoms with van der Waals surface area (Å²) >= 11 is 0. The largest absolute Gasteiger partial charge is 0.480 e. The van der Waals surface area contributed by atoms with Crippen molar-refractivity contribution in [1.82, 2.24) is 42.1 Å². The quantitative estimate of drug-likeness (QED) is 0.0302. The van der Waals surface area contributed by atoms with Gasteiger partial charge in [-0.15, -0.1) is 0 Å². The fourth-order valence-corrected chi connectivity index (χ4v) is 8.68. The number of nitrogens with one attached hydrogen (secondary N) is 7. The first-order chi connectivity index (χ1) is 36.8. The highest BCUT2D eigenvalue weighted by Crippen LogP contribution is 2.22. The molecule has 0 spiro atoms. The Labute approximate surface area is 454 Å². The third kappa shape index (κ3) is 21.8. The molecule has 0 bridgehead atoms. The van der Waals surface area contributed by atoms with Crippen LogP contribution in [-0.2, 0) is 60.8 Å². The van der Waals surface area contributed by atoms with Gasteiger partial charge in [-0.1, -0.05) is 128 Å². The van der Waals surface area contributed by atoms with Crippen molar-refractivity contribution in [2.24, 2.45) is 17.8 Å². The molecule has 0 saturated carbocycles. The molecule has 0 aromatic heterocycles. The number of hydrogen-bond acceptors (Lipinski definition) is 14. The van der Waals surface area contributed by atoms with E-state index in [4.69, 9.17) is 0 Å². The van der Waals surface area contributed by atoms with Gasteiger partial charge in [-0.3, -0.25) is 38.4 Å². The number of unbranched alkanes of at least 4 members (excludes halogenated alkanes) is 2. The lowest BCUT2D eigenvalue weighted by atomic mass is 10.0. The number of carboxylic acid groups (broad SMARTS) is 2. The summed E-state index contributed by atoms with van der Waals surface area (Å²) in [5.74, 6) is -11.7. The maximum absolute atomic E-state index is 14.3. The van der Waals surface area contributed by atoms with Crippen molar-refractivity contribution < 1.29 is 78.6 Å². The van der Waals surface area contributed by atoms with E-state index in [0.29, 0.717) is 23.5 Å². The van der Waals surface area contributed by atoms with Crippen LogP contribution in [0.3, 0.4) is 0 Å². The van der Waals surface area contributed by atoms with E-state index in [2.05, 4.69) is 51.1 Å². The molecule has 2 aromatic rings. The summed E-state index contributed by atoms with van der Waals surface area (Å²) in [6.45, 7) is 8.29. The van der Waals surface area contributed by atoms with E-state index in [0.717, 1.165) is 24.2 Å². The summed E-state index contributed by atoms with van der Waals surface area (Å²) in [4.78, 5) is 135. The van der Waals surface area contributed by atoms with E-state index in [1.54, 1.807) is 74.5 Å². The lowest BCUT2D eigenvalue weighted by molar-refractivity contribution is -0.147. The number of rotatable bonds is 33. The van der Waals surface area contributed by atoms with Crippen molar-refractivity contribution in [3.8, 4) is 0 Å². The Hall–Kier alpha value is -7.02. The van der Waals surface area contributed by atoms with Crippen LogP contribution in [0.2, 0.25) is 0 Å². The van der Waals surface area contributed by atoms with Crippen molar-refractivity contribution >= 4 is 59.2 Å². The second-order valence-corrected chi connectivity index (χ2v) is 20.9. The van der Waals surface area contributed by atoms with E-state index in [1.807, 2.05) is 0 Å². The van der Waals surface area contributed by atoms with Gasteiger partial charge in [-0.2, -0.15) is 0 Å². The zero-order valence-corrected chi connectivity index (χ0v) is 45.2. The van der Waals surface area contributed by atoms with Gasteiger partial charge in [0, 0.05) is 25.8 Å². The third-order valence-corrected chi connectivity index (χ3v) is 12.9. The molecule has 3 rings (SSSR count). The number of aliphatic hydroxyl groups excluding tert-OH is 4. The van der Waals surface area contributed by atoms with Gasteiger partial charge in [0.15, 0.2) is 0 Å². The van der Waals surface area contributed by atoms with E-state index >= 15 is 0 Å². The lowest BCUT2D eigenvalue weighted by Crippen LogP contribution is -2.62. The van der Waals surface area contributed by atoms with Crippen LogP contribution < -0.4 is 37.2 Å². The zero-order valence-electron chi connectivity index (χ0n) is 45.2. The molecule has 10 atom stereocenters. The van der Waals surface area contributed by atoms with Crippen LogP contribution in [0.4, 0.5) is 0 Å². The van der Waals surface area contributed by atoms with Gasteiger partial charge >= 0.3 is 11.9 Å². The van der Waals surface area contributed by atoms with Crippen molar-refractivity contribution in [3.63, 3.8) is 0 Å². The minimum absolute atomic E-state index is 0.0344. The lowest BCUT2D eigenvalue weighted by Gasteiger charge is -2.32. The molecular weight excluding hydrogens is 1020 g/mol. The summed E-state index contributed by atoms with van der Waals surface area (Å²) in [7, 11) is 0. The first-order valence-electron chi connectivity index (χ1n) is 26.4. The molecule has 432 valence electrons. The Morgan fingerprint density at radius 2 is 1.05 bits per heavy atom. The molecule has 2 aromatic carbocycles. The highest BCUT2D eigenvalue weighted by Gasteiger charge is 2.44. The average Bonchev–Trinajstić information content (AvgIpc) is 3.81. The molecule has 0 radical (unpaired) electrons. The summed E-state index contributed by atoms with van der Waals surface area (Å²) in [6.07, 6.45) is 0.155. The van der Waals surface area contributed by atoms with E-state index in [-0.39, 0.29) is 38.0 Å². The Kier molecular flexibility index (Phi) is 27.3. The van der Waals surface area contributed by atoms with Crippen molar-refractivity contribution in [2.45, 2.75) is 166 Å². The number of amides is 8. The highest BCUT2D eigenvalue weighted by molar-refractivity contribution is 6.05. The van der Waals surface area contributed by atoms with Gasteiger partial charge < -0.3 is 72.8 Å². The maximum atomic E-state index is 14.3. The monoisotopic (exact) mass is 1100 g/mol. The third-order valence-electron chi connectivity index (χ3n) is 12.9. The van der Waals surface area contributed by atoms with E-state index in [9.17, 15) is 78.6 Å². The number of aliphatic carboxylic acids is 2. The Morgan fingerprint density at radius 1 is 0.564 bits per heavy atom. The number of carboxylic acids is 2. The number of likely N-dealkylation sites (tertiary alicyclic amines) is 1. The van der Waals surface area contributed by atoms with Crippen LogP contribution in [0.5, 0.6) is 0 Å². The molecule has 78 heavy (non-hydrogen) atoms. The van der Waals surface area contributed by atoms with Crippen molar-refractivity contribution in [3.05, 3.63) is 71.8 Å². The van der Waals surface area contributed by atoms with Crippen LogP contribution in [0.25, 0.3) is 0 Å². The molecule has 1 fully saturated rings. The Morgan fingerprint density at radius 3 is 1.58 bits per heavy atom. The standard InChI is InChI=1S/C54H80N8O16/c1-30(2)16-10-7-15-21-35(65)26-43(67)60-45(54(77)78)51(73)56-38(23-33-17-11-8-12-18-33)47(69)58-41(29-64)49(71)61-44(32(5)6)52(74)62-27-36(66)25-42(62)50(72)59-40(28-63)48(70)55-37(22-31(3)4)46(68)57-39(53(75)76)24-34-19-13-9-14-20-34/h8-9,11-14,17-20,30-32,35-42,44-45,63-66H,7,10,15-16,21-29H2,1-6H3,(H,55,70)(H,56,73)(H,57,68)(H,58,69)(H,59,72)(H,60,67)(H,61,71)(H,75,76)(H,77,78). The number of carbonyl (C=O) groups excluding carboxylic acids is 8. The van der Waals surface area contributed by atoms with Gasteiger partial charge in [0.2, 0.25) is 47.4 Å². The molecule has 13 N–H and O–H groups in total. The Bertz CT molecular complexity index is 2320. The van der Waals surface area contributed by atoms with Crippen molar-refractivity contribution in [1.29, 1.82) is 0 Å². The van der Waals surface area contributed by atoms with Gasteiger partial charge in [0.05, 0.1) is 31.8 Å². The minimum Gasteiger partial charge on any atom is -0.480 e. The number of carbonyl (C=O) groups is 10. The predicted molar refractivity (Wildman–Crippen MR) is 282 cm³/mol. The van der Waals surface area contributed by atoms with E-state index < -0.39 is 152 Å². The summed E-state index contributed by atoms with van der Waals surface area (Å²) in [5, 5.41) is 78.1. The van der Waals surface area contributed by atoms with Crippen LogP contribution in [0.1, 0.15) is 104 Å². The fourth-order valence-electron chi connectivity index (χ4n) is 8.68. The number of β-amino-alcohol motifs (C(OH)–C–C–N with tert-alkyl or cyclic N) is 1. The number of aliphatic hydroxyl groups is 4. The summed E-state index contributed by atoms with van der Waals surface area (Å²) < 4.78 is 0. The normalized spacial score (nSPS) is 17.3. The molecule has 10 unspecified atom stereocenters. The van der Waals surface area contributed by atoms with Crippen LogP contribution in [-0.4, -0.2) is 175 Å². The topological polar surface area (TPSA) is 380 Å². The molecule has 24 heteroatoms. The van der Waals surface area contributed by atoms with Gasteiger partial charge in [0.1, 0.15) is 42.3 Å². The molecule has 8 amide bonds. The highest BCUT2D eigenvalue weighted by atomic mass is 16.4. The zero-order chi connectivity index (χ0) is 58.2. The molecule has 0 aliphatic carbocycles. The SMILES string of the molecule is CC(C)CCCCCC(O)CC(=O)NC(C(=O)O)C(=O)NC(Cc1ccccc1)C(=O)NC(CO)C(=O)NC(C(=O)N1CC(O)CC1C(=O)NC(CO)C(=O)NC(CC(C)C)C(=O)NC(Cc1ccccc1)C(=O)O)C(C)C. The first kappa shape index (κ1) is 65.3. The van der Waals surface area contributed by atoms with Crippen LogP contribution >= 0.6 is 0 Å². The van der Waals surface area contributed by atoms with E-state index in [1.165, 1.54) is 13.8 Å². The molecule has 1 aliphatic rings. The molecule has 1 heterocycles. The van der Waals surface area contributed by atoms with Gasteiger partial charge in [-0.25, -0.2) is 9.59 Å². The average molecular weight is 1100 g/mol. The first-order valence-corrected chi connectivity index (χ1v) is 26.4. The summed E-state index contributed by atoms with van der Waals surface area (Å²) in [6, 6.07) is 3.74. The smallest absolute Gasteiger partial charge is 0.336 e. The Balaban J connectivity index is 1.74. The predicted octanol–water partition coefficient (Wildman–Crippen LogP) is -0.959. The van der Waals surface area contributed by atoms with Gasteiger partial charge in [0.25, 0.3) is 5.91 Å². The number of hydrogen-bond donors (Lipinski definition) is 13. The van der Waals surface area contributed by atoms with Crippen molar-refractivity contribution in [2.75, 3.05) is 19.8 Å². The summed E-state index contributed by atoms with van der Waals surface area (Å²) in [5.41, 5.74) is 1.10. The van der Waals surface area contributed by atoms with Crippen LogP contribution in [0, 0.1) is 17.8 Å². The minimum atomic E-state index is -2.20. The van der Waals surface area contributed by atoms with Gasteiger partial charge in [-0.05, 0) is 41.7 Å². The number of benzene rings is 2. The molecule has 1 saturated heterocycles. The molecular formula is C54H80N8O16. The van der Waals surface area contributed by atoms with Crippen LogP contribution in [0.15, 0.2) is 60.7 Å². The second-order valence-electron chi connectivity index (χ2n) is 20.9. The fraction of sp³-hybridized carbons (Fsp3) is 0.593. The number of nitrogens with zero attached hydrogens (tertiary/aromatic N) is 1. The molecule has 24 nitrogen and oxygen atoms in total. The maximum Gasteiger partial charge on any atom is 0.336 e. The molecule has 1 aliphatic heterocycles.